The van der Waals surface area contributed by atoms with Crippen LogP contribution in [0, 0.1) is 0 Å². The van der Waals surface area contributed by atoms with Gasteiger partial charge in [0.1, 0.15) is 17.1 Å². The van der Waals surface area contributed by atoms with Gasteiger partial charge in [-0.15, -0.1) is 0 Å². The number of likely N-dealkylation sites (N-methyl/N-ethyl adjacent to an activating group) is 1. The van der Waals surface area contributed by atoms with Crippen molar-refractivity contribution in [2.75, 3.05) is 38.5 Å². The van der Waals surface area contributed by atoms with E-state index in [1.54, 1.807) is 45.4 Å². The van der Waals surface area contributed by atoms with Gasteiger partial charge in [-0.05, 0) is 52.8 Å². The third-order valence-electron chi connectivity index (χ3n) is 6.14. The summed E-state index contributed by atoms with van der Waals surface area (Å²) in [6, 6.07) is 12.3. The number of phenolic OH excluding ortho intramolecular Hbond substituents is 1. The summed E-state index contributed by atoms with van der Waals surface area (Å²) in [5, 5.41) is 23.3. The van der Waals surface area contributed by atoms with Crippen molar-refractivity contribution in [3.05, 3.63) is 70.4 Å². The Bertz CT molecular complexity index is 1740. The molecule has 2 aliphatic rings. The zero-order chi connectivity index (χ0) is 28.7. The zero-order valence-corrected chi connectivity index (χ0v) is 23.2. The van der Waals surface area contributed by atoms with Crippen molar-refractivity contribution in [2.45, 2.75) is 6.04 Å². The van der Waals surface area contributed by atoms with E-state index in [0.29, 0.717) is 32.9 Å². The summed E-state index contributed by atoms with van der Waals surface area (Å²) in [5.41, 5.74) is 1.35. The number of aromatic carboxylic acids is 1. The summed E-state index contributed by atoms with van der Waals surface area (Å²) in [6.45, 7) is 0. The highest BCUT2D eigenvalue weighted by Crippen LogP contribution is 2.42. The lowest BCUT2D eigenvalue weighted by molar-refractivity contribution is -0.883. The summed E-state index contributed by atoms with van der Waals surface area (Å²) in [4.78, 5) is 37.6. The maximum atomic E-state index is 13.2. The van der Waals surface area contributed by atoms with Crippen LogP contribution in [0.5, 0.6) is 5.75 Å². The van der Waals surface area contributed by atoms with Crippen LogP contribution in [-0.4, -0.2) is 74.2 Å². The number of hydrogen-bond donors (Lipinski definition) is 3. The molecule has 1 aliphatic carbocycles. The van der Waals surface area contributed by atoms with Crippen LogP contribution in [0.25, 0.3) is 33.4 Å². The van der Waals surface area contributed by atoms with Crippen LogP contribution in [0.1, 0.15) is 10.4 Å². The molecular weight excluding hydrogens is 544 g/mol. The van der Waals surface area contributed by atoms with Crippen LogP contribution < -0.4 is 10.7 Å². The number of quaternary nitrogens is 1. The van der Waals surface area contributed by atoms with Gasteiger partial charge in [-0.3, -0.25) is 9.59 Å². The van der Waals surface area contributed by atoms with Gasteiger partial charge >= 0.3 is 5.97 Å². The summed E-state index contributed by atoms with van der Waals surface area (Å²) in [6.07, 6.45) is 1.07. The summed E-state index contributed by atoms with van der Waals surface area (Å²) < 4.78 is 29.4. The average molecular weight is 572 g/mol. The summed E-state index contributed by atoms with van der Waals surface area (Å²) in [5.74, 6) is -1.54. The van der Waals surface area contributed by atoms with Gasteiger partial charge in [0.2, 0.25) is 0 Å². The summed E-state index contributed by atoms with van der Waals surface area (Å²) in [7, 11) is 2.59. The smallest absolute Gasteiger partial charge is 0.336 e. The van der Waals surface area contributed by atoms with Crippen molar-refractivity contribution in [1.29, 1.82) is 0 Å². The Kier molecular flexibility index (Phi) is 7.48. The fourth-order valence-electron chi connectivity index (χ4n) is 4.23. The van der Waals surface area contributed by atoms with Gasteiger partial charge in [0.15, 0.2) is 20.3 Å². The molecule has 1 atom stereocenters. The maximum absolute atomic E-state index is 13.2. The Morgan fingerprint density at radius 3 is 2.36 bits per heavy atom. The monoisotopic (exact) mass is 571 g/mol. The van der Waals surface area contributed by atoms with Gasteiger partial charge < -0.3 is 24.4 Å². The number of carbonyl (C=O) groups is 2. The van der Waals surface area contributed by atoms with E-state index >= 15 is 0 Å². The first-order valence-corrected chi connectivity index (χ1v) is 15.1. The van der Waals surface area contributed by atoms with Crippen molar-refractivity contribution in [3.63, 3.8) is 0 Å². The molecule has 204 valence electrons. The largest absolute Gasteiger partial charge is 0.508 e. The van der Waals surface area contributed by atoms with Crippen molar-refractivity contribution in [2.24, 2.45) is 0 Å². The molecule has 1 aliphatic heterocycles. The molecule has 1 heterocycles. The van der Waals surface area contributed by atoms with Crippen molar-refractivity contribution < 1.29 is 37.1 Å². The number of hydrogen-bond acceptors (Lipinski definition) is 8. The number of phenols is 1. The van der Waals surface area contributed by atoms with E-state index in [1.165, 1.54) is 30.3 Å². The Balaban J connectivity index is 1.82. The fourth-order valence-corrected chi connectivity index (χ4v) is 6.33. The first kappa shape index (κ1) is 28.1. The first-order valence-electron chi connectivity index (χ1n) is 11.7. The molecule has 2 aromatic carbocycles. The number of benzene rings is 3. The molecular formula is C27H27N2O8S2+. The van der Waals surface area contributed by atoms with E-state index in [-0.39, 0.29) is 44.0 Å². The normalized spacial score (nSPS) is 12.9. The SMILES string of the molecule is C[N+](C)(C)C(CSS(C)(=O)=O)C(=O)Nc1ccc(-c2c3ccc(=O)cc-3oc3cc(O)ccc23)c(C(=O)O)c1. The van der Waals surface area contributed by atoms with Crippen molar-refractivity contribution in [1.82, 2.24) is 0 Å². The minimum atomic E-state index is -3.38. The van der Waals surface area contributed by atoms with Gasteiger partial charge in [0, 0.05) is 40.6 Å². The lowest BCUT2D eigenvalue weighted by Crippen LogP contribution is -2.53. The quantitative estimate of drug-likeness (QED) is 0.163. The predicted octanol–water partition coefficient (Wildman–Crippen LogP) is 3.67. The molecule has 4 rings (SSSR count). The highest BCUT2D eigenvalue weighted by atomic mass is 33.1. The molecule has 0 fully saturated rings. The molecule has 1 amide bonds. The number of anilines is 1. The standard InChI is InChI=1S/C27H26N2O8S2/c1-29(2,3)22(14-38-39(4,35)36)26(32)28-15-5-8-18(21(11-15)27(33)34)25-19-9-6-16(30)12-23(19)37-24-13-17(31)7-10-20(24)25/h5-13,22H,14H2,1-4H3,(H2-,28,30,31,32,33,34)/p+1. The van der Waals surface area contributed by atoms with Crippen LogP contribution in [0.4, 0.5) is 5.69 Å². The lowest BCUT2D eigenvalue weighted by atomic mass is 9.90. The highest BCUT2D eigenvalue weighted by molar-refractivity contribution is 8.71. The molecule has 2 aromatic rings. The number of carbonyl (C=O) groups excluding carboxylic acids is 1. The van der Waals surface area contributed by atoms with Crippen LogP contribution in [-0.2, 0) is 13.7 Å². The number of carboxylic acids is 1. The average Bonchev–Trinajstić information content (AvgIpc) is 2.81. The second-order valence-corrected chi connectivity index (χ2v) is 14.5. The van der Waals surface area contributed by atoms with Crippen molar-refractivity contribution >= 4 is 48.2 Å². The van der Waals surface area contributed by atoms with Gasteiger partial charge in [-0.1, -0.05) is 6.07 Å². The molecule has 39 heavy (non-hydrogen) atoms. The molecule has 0 saturated carbocycles. The molecule has 0 radical (unpaired) electrons. The molecule has 10 nitrogen and oxygen atoms in total. The fraction of sp³-hybridized carbons (Fsp3) is 0.222. The molecule has 0 bridgehead atoms. The maximum Gasteiger partial charge on any atom is 0.336 e. The minimum Gasteiger partial charge on any atom is -0.508 e. The van der Waals surface area contributed by atoms with E-state index < -0.39 is 26.8 Å². The van der Waals surface area contributed by atoms with Gasteiger partial charge in [-0.25, -0.2) is 13.2 Å². The number of nitrogens with one attached hydrogen (secondary N) is 1. The zero-order valence-electron chi connectivity index (χ0n) is 21.6. The van der Waals surface area contributed by atoms with Crippen LogP contribution in [0.3, 0.4) is 0 Å². The van der Waals surface area contributed by atoms with Gasteiger partial charge in [0.05, 0.1) is 32.5 Å². The Hall–Kier alpha value is -3.87. The van der Waals surface area contributed by atoms with E-state index in [9.17, 15) is 33.0 Å². The van der Waals surface area contributed by atoms with Gasteiger partial charge in [0.25, 0.3) is 5.91 Å². The number of nitrogens with zero attached hydrogens (tertiary/aromatic N) is 1. The molecule has 0 saturated heterocycles. The topological polar surface area (TPSA) is 151 Å². The van der Waals surface area contributed by atoms with Crippen LogP contribution in [0.2, 0.25) is 0 Å². The van der Waals surface area contributed by atoms with E-state index in [0.717, 1.165) is 6.26 Å². The Labute approximate surface area is 228 Å². The molecule has 0 spiro atoms. The van der Waals surface area contributed by atoms with E-state index in [1.807, 2.05) is 0 Å². The summed E-state index contributed by atoms with van der Waals surface area (Å²) >= 11 is 0. The van der Waals surface area contributed by atoms with Gasteiger partial charge in [-0.2, -0.15) is 0 Å². The second kappa shape index (κ2) is 10.4. The number of rotatable bonds is 8. The predicted molar refractivity (Wildman–Crippen MR) is 151 cm³/mol. The van der Waals surface area contributed by atoms with Crippen LogP contribution >= 0.6 is 10.8 Å². The number of carboxylic acid groups (broad SMARTS) is 1. The Morgan fingerprint density at radius 2 is 1.72 bits per heavy atom. The minimum absolute atomic E-state index is 0.0120. The number of amides is 1. The second-order valence-electron chi connectivity index (χ2n) is 9.99. The third kappa shape index (κ3) is 6.24. The van der Waals surface area contributed by atoms with E-state index in [2.05, 4.69) is 5.32 Å². The van der Waals surface area contributed by atoms with Crippen LogP contribution in [0.15, 0.2) is 63.8 Å². The molecule has 1 unspecified atom stereocenters. The number of fused-ring (bicyclic) bond motifs is 2. The molecule has 3 N–H and O–H groups in total. The molecule has 12 heteroatoms. The van der Waals surface area contributed by atoms with Crippen molar-refractivity contribution in [3.8, 4) is 28.2 Å². The Morgan fingerprint density at radius 1 is 1.03 bits per heavy atom. The highest BCUT2D eigenvalue weighted by Gasteiger charge is 2.33. The number of aromatic hydroxyl groups is 1. The third-order valence-corrected chi connectivity index (χ3v) is 8.71. The lowest BCUT2D eigenvalue weighted by Gasteiger charge is -2.32. The van der Waals surface area contributed by atoms with E-state index in [4.69, 9.17) is 4.42 Å². The first-order chi connectivity index (χ1) is 18.1. The molecule has 0 aromatic heterocycles.